The Morgan fingerprint density at radius 3 is 2.52 bits per heavy atom. The van der Waals surface area contributed by atoms with Crippen LogP contribution in [0.2, 0.25) is 0 Å². The second-order valence-corrected chi connectivity index (χ2v) is 4.94. The maximum atomic E-state index is 11.3. The van der Waals surface area contributed by atoms with Crippen LogP contribution >= 0.6 is 0 Å². The summed E-state index contributed by atoms with van der Waals surface area (Å²) in [7, 11) is 1.52. The molecule has 0 saturated carbocycles. The monoisotopic (exact) mass is 316 g/mol. The van der Waals surface area contributed by atoms with Gasteiger partial charge >= 0.3 is 0 Å². The summed E-state index contributed by atoms with van der Waals surface area (Å²) >= 11 is 0. The zero-order valence-electron chi connectivity index (χ0n) is 13.2. The van der Waals surface area contributed by atoms with E-state index in [0.717, 1.165) is 12.1 Å². The van der Waals surface area contributed by atoms with Gasteiger partial charge in [0.15, 0.2) is 11.5 Å². The lowest BCUT2D eigenvalue weighted by Gasteiger charge is -2.13. The number of nitro groups is 1. The first kappa shape index (κ1) is 16.8. The third-order valence-electron chi connectivity index (χ3n) is 3.36. The standard InChI is InChI=1S/C17H20N2O4/c1-3-18-11-14-9-16(22-2)17(10-15(14)19(20)21)23-12-13-7-5-4-6-8-13/h4-10,18H,3,11-12H2,1-2H3. The number of hydrogen-bond acceptors (Lipinski definition) is 5. The average molecular weight is 316 g/mol. The third kappa shape index (κ3) is 4.43. The zero-order valence-corrected chi connectivity index (χ0v) is 13.2. The predicted molar refractivity (Wildman–Crippen MR) is 87.8 cm³/mol. The molecule has 6 heteroatoms. The summed E-state index contributed by atoms with van der Waals surface area (Å²) in [5, 5.41) is 14.4. The van der Waals surface area contributed by atoms with E-state index in [1.54, 1.807) is 6.07 Å². The van der Waals surface area contributed by atoms with Crippen molar-refractivity contribution < 1.29 is 14.4 Å². The van der Waals surface area contributed by atoms with Gasteiger partial charge in [-0.3, -0.25) is 10.1 Å². The van der Waals surface area contributed by atoms with Gasteiger partial charge in [-0.1, -0.05) is 37.3 Å². The molecule has 0 aliphatic rings. The molecule has 0 heterocycles. The topological polar surface area (TPSA) is 73.6 Å². The molecule has 1 N–H and O–H groups in total. The van der Waals surface area contributed by atoms with Crippen molar-refractivity contribution in [2.75, 3.05) is 13.7 Å². The molecule has 23 heavy (non-hydrogen) atoms. The van der Waals surface area contributed by atoms with Gasteiger partial charge in [-0.05, 0) is 18.2 Å². The summed E-state index contributed by atoms with van der Waals surface area (Å²) in [6.07, 6.45) is 0. The van der Waals surface area contributed by atoms with E-state index in [2.05, 4.69) is 5.32 Å². The zero-order chi connectivity index (χ0) is 16.7. The molecule has 0 spiro atoms. The Hall–Kier alpha value is -2.60. The summed E-state index contributed by atoms with van der Waals surface area (Å²) in [6, 6.07) is 12.7. The summed E-state index contributed by atoms with van der Waals surface area (Å²) in [6.45, 7) is 3.40. The van der Waals surface area contributed by atoms with Gasteiger partial charge in [0.25, 0.3) is 5.69 Å². The van der Waals surface area contributed by atoms with Crippen molar-refractivity contribution in [2.45, 2.75) is 20.1 Å². The first-order chi connectivity index (χ1) is 11.2. The lowest BCUT2D eigenvalue weighted by atomic mass is 10.1. The van der Waals surface area contributed by atoms with Crippen LogP contribution in [0.15, 0.2) is 42.5 Å². The van der Waals surface area contributed by atoms with Gasteiger partial charge in [0.05, 0.1) is 18.1 Å². The molecule has 2 aromatic carbocycles. The van der Waals surface area contributed by atoms with Crippen LogP contribution in [0.4, 0.5) is 5.69 Å². The van der Waals surface area contributed by atoms with Gasteiger partial charge in [-0.25, -0.2) is 0 Å². The van der Waals surface area contributed by atoms with Crippen molar-refractivity contribution in [2.24, 2.45) is 0 Å². The lowest BCUT2D eigenvalue weighted by Crippen LogP contribution is -2.13. The second kappa shape index (κ2) is 8.14. The summed E-state index contributed by atoms with van der Waals surface area (Å²) in [5.41, 5.74) is 1.57. The summed E-state index contributed by atoms with van der Waals surface area (Å²) < 4.78 is 11.0. The Kier molecular flexibility index (Phi) is 5.94. The Balaban J connectivity index is 2.27. The Labute approximate surface area is 135 Å². The van der Waals surface area contributed by atoms with Gasteiger partial charge in [0, 0.05) is 12.1 Å². The Morgan fingerprint density at radius 2 is 1.91 bits per heavy atom. The highest BCUT2D eigenvalue weighted by molar-refractivity contribution is 5.54. The fourth-order valence-electron chi connectivity index (χ4n) is 2.17. The van der Waals surface area contributed by atoms with Crippen molar-refractivity contribution in [3.8, 4) is 11.5 Å². The number of methoxy groups -OCH3 is 1. The van der Waals surface area contributed by atoms with Gasteiger partial charge < -0.3 is 14.8 Å². The molecule has 0 bridgehead atoms. The largest absolute Gasteiger partial charge is 0.493 e. The van der Waals surface area contributed by atoms with Crippen molar-refractivity contribution in [3.05, 3.63) is 63.7 Å². The fourth-order valence-corrected chi connectivity index (χ4v) is 2.17. The maximum absolute atomic E-state index is 11.3. The molecule has 0 amide bonds. The highest BCUT2D eigenvalue weighted by Crippen LogP contribution is 2.35. The molecule has 2 aromatic rings. The number of ether oxygens (including phenoxy) is 2. The molecule has 122 valence electrons. The van der Waals surface area contributed by atoms with Gasteiger partial charge in [-0.15, -0.1) is 0 Å². The smallest absolute Gasteiger partial charge is 0.277 e. The van der Waals surface area contributed by atoms with Crippen molar-refractivity contribution in [1.29, 1.82) is 0 Å². The minimum absolute atomic E-state index is 0.0230. The van der Waals surface area contributed by atoms with Crippen molar-refractivity contribution >= 4 is 5.69 Å². The Bertz CT molecular complexity index is 659. The number of hydrogen-bond donors (Lipinski definition) is 1. The molecular formula is C17H20N2O4. The quantitative estimate of drug-likeness (QED) is 0.597. The minimum Gasteiger partial charge on any atom is -0.493 e. The van der Waals surface area contributed by atoms with Crippen LogP contribution in [0.1, 0.15) is 18.1 Å². The van der Waals surface area contributed by atoms with Crippen LogP contribution in [-0.2, 0) is 13.2 Å². The second-order valence-electron chi connectivity index (χ2n) is 4.94. The number of rotatable bonds is 8. The van der Waals surface area contributed by atoms with Crippen LogP contribution in [0.3, 0.4) is 0 Å². The molecule has 0 atom stereocenters. The molecule has 2 rings (SSSR count). The van der Waals surface area contributed by atoms with Crippen LogP contribution in [0, 0.1) is 10.1 Å². The minimum atomic E-state index is -0.401. The van der Waals surface area contributed by atoms with Crippen molar-refractivity contribution in [3.63, 3.8) is 0 Å². The van der Waals surface area contributed by atoms with Crippen LogP contribution in [-0.4, -0.2) is 18.6 Å². The fraction of sp³-hybridized carbons (Fsp3) is 0.294. The van der Waals surface area contributed by atoms with Gasteiger partial charge in [-0.2, -0.15) is 0 Å². The molecular weight excluding hydrogens is 296 g/mol. The SMILES string of the molecule is CCNCc1cc(OC)c(OCc2ccccc2)cc1[N+](=O)[O-]. The number of nitrogens with zero attached hydrogens (tertiary/aromatic N) is 1. The van der Waals surface area contributed by atoms with E-state index in [4.69, 9.17) is 9.47 Å². The van der Waals surface area contributed by atoms with E-state index in [1.807, 2.05) is 37.3 Å². The first-order valence-corrected chi connectivity index (χ1v) is 7.38. The number of nitrogens with one attached hydrogen (secondary N) is 1. The summed E-state index contributed by atoms with van der Waals surface area (Å²) in [5.74, 6) is 0.850. The Morgan fingerprint density at radius 1 is 1.17 bits per heavy atom. The highest BCUT2D eigenvalue weighted by Gasteiger charge is 2.19. The normalized spacial score (nSPS) is 10.3. The van der Waals surface area contributed by atoms with E-state index in [0.29, 0.717) is 30.2 Å². The summed E-state index contributed by atoms with van der Waals surface area (Å²) in [4.78, 5) is 10.9. The average Bonchev–Trinajstić information content (AvgIpc) is 2.58. The molecule has 6 nitrogen and oxygen atoms in total. The predicted octanol–water partition coefficient (Wildman–Crippen LogP) is 3.29. The van der Waals surface area contributed by atoms with E-state index in [-0.39, 0.29) is 5.69 Å². The van der Waals surface area contributed by atoms with Crippen molar-refractivity contribution in [1.82, 2.24) is 5.32 Å². The molecule has 0 fully saturated rings. The van der Waals surface area contributed by atoms with Gasteiger partial charge in [0.2, 0.25) is 0 Å². The molecule has 0 aliphatic carbocycles. The van der Waals surface area contributed by atoms with E-state index in [9.17, 15) is 10.1 Å². The maximum Gasteiger partial charge on any atom is 0.277 e. The number of benzene rings is 2. The van der Waals surface area contributed by atoms with Crippen LogP contribution in [0.5, 0.6) is 11.5 Å². The third-order valence-corrected chi connectivity index (χ3v) is 3.36. The molecule has 0 aromatic heterocycles. The molecule has 0 radical (unpaired) electrons. The van der Waals surface area contributed by atoms with E-state index in [1.165, 1.54) is 13.2 Å². The van der Waals surface area contributed by atoms with Gasteiger partial charge in [0.1, 0.15) is 6.61 Å². The number of nitro benzene ring substituents is 1. The van der Waals surface area contributed by atoms with Crippen LogP contribution in [0.25, 0.3) is 0 Å². The van der Waals surface area contributed by atoms with Crippen LogP contribution < -0.4 is 14.8 Å². The highest BCUT2D eigenvalue weighted by atomic mass is 16.6. The molecule has 0 unspecified atom stereocenters. The van der Waals surface area contributed by atoms with E-state index < -0.39 is 4.92 Å². The lowest BCUT2D eigenvalue weighted by molar-refractivity contribution is -0.385. The molecule has 0 aliphatic heterocycles. The van der Waals surface area contributed by atoms with E-state index >= 15 is 0 Å². The first-order valence-electron chi connectivity index (χ1n) is 7.38. The molecule has 0 saturated heterocycles.